The lowest BCUT2D eigenvalue weighted by Crippen LogP contribution is -2.36. The molecule has 0 radical (unpaired) electrons. The van der Waals surface area contributed by atoms with Crippen molar-refractivity contribution in [3.05, 3.63) is 47.3 Å². The first-order chi connectivity index (χ1) is 12.7. The van der Waals surface area contributed by atoms with Crippen LogP contribution in [0.2, 0.25) is 0 Å². The van der Waals surface area contributed by atoms with E-state index in [1.54, 1.807) is 0 Å². The summed E-state index contributed by atoms with van der Waals surface area (Å²) < 4.78 is 1.91. The minimum atomic E-state index is 0.0289. The third-order valence-electron chi connectivity index (χ3n) is 5.47. The normalized spacial score (nSPS) is 21.3. The van der Waals surface area contributed by atoms with E-state index < -0.39 is 0 Å². The van der Waals surface area contributed by atoms with Crippen LogP contribution < -0.4 is 0 Å². The predicted molar refractivity (Wildman–Crippen MR) is 99.9 cm³/mol. The van der Waals surface area contributed by atoms with Gasteiger partial charge in [-0.25, -0.2) is 4.68 Å². The summed E-state index contributed by atoms with van der Waals surface area (Å²) in [5.74, 6) is 0.0289. The lowest BCUT2D eigenvalue weighted by molar-refractivity contribution is 0.0787. The molecular weight excluding hydrogens is 326 g/mol. The summed E-state index contributed by atoms with van der Waals surface area (Å²) >= 11 is 0. The maximum Gasteiger partial charge on any atom is 0.276 e. The van der Waals surface area contributed by atoms with Crippen molar-refractivity contribution in [2.75, 3.05) is 26.2 Å². The number of aromatic nitrogens is 3. The summed E-state index contributed by atoms with van der Waals surface area (Å²) in [5.41, 5.74) is 3.15. The van der Waals surface area contributed by atoms with Crippen LogP contribution in [0.25, 0.3) is 0 Å². The molecule has 2 fully saturated rings. The molecule has 1 amide bonds. The van der Waals surface area contributed by atoms with Gasteiger partial charge in [0.1, 0.15) is 0 Å². The molecule has 2 saturated heterocycles. The molecule has 0 unspecified atom stereocenters. The van der Waals surface area contributed by atoms with Crippen LogP contribution in [0.5, 0.6) is 0 Å². The highest BCUT2D eigenvalue weighted by Gasteiger charge is 2.26. The van der Waals surface area contributed by atoms with Crippen molar-refractivity contribution in [2.45, 2.75) is 45.2 Å². The number of piperidine rings is 1. The van der Waals surface area contributed by atoms with Crippen molar-refractivity contribution in [3.8, 4) is 0 Å². The first-order valence-electron chi connectivity index (χ1n) is 9.68. The van der Waals surface area contributed by atoms with E-state index >= 15 is 0 Å². The molecule has 1 atom stereocenters. The molecular formula is C20H27N5O. The van der Waals surface area contributed by atoms with Gasteiger partial charge in [0.2, 0.25) is 0 Å². The van der Waals surface area contributed by atoms with Crippen LogP contribution in [0.1, 0.15) is 53.3 Å². The third-order valence-corrected chi connectivity index (χ3v) is 5.47. The Morgan fingerprint density at radius 3 is 2.85 bits per heavy atom. The number of hydrogen-bond donors (Lipinski definition) is 0. The van der Waals surface area contributed by atoms with E-state index in [2.05, 4.69) is 46.4 Å². The van der Waals surface area contributed by atoms with Crippen molar-refractivity contribution in [1.29, 1.82) is 0 Å². The molecule has 2 aromatic rings. The smallest absolute Gasteiger partial charge is 0.276 e. The first-order valence-corrected chi connectivity index (χ1v) is 9.68. The highest BCUT2D eigenvalue weighted by atomic mass is 16.2. The fourth-order valence-electron chi connectivity index (χ4n) is 4.09. The van der Waals surface area contributed by atoms with Gasteiger partial charge >= 0.3 is 0 Å². The maximum atomic E-state index is 12.5. The summed E-state index contributed by atoms with van der Waals surface area (Å²) in [6.07, 6.45) is 6.27. The summed E-state index contributed by atoms with van der Waals surface area (Å²) in [6.45, 7) is 6.86. The number of rotatable bonds is 4. The number of hydrogen-bond acceptors (Lipinski definition) is 4. The zero-order valence-electron chi connectivity index (χ0n) is 15.5. The molecule has 1 aromatic carbocycles. The fraction of sp³-hybridized carbons (Fsp3) is 0.550. The van der Waals surface area contributed by atoms with Crippen molar-refractivity contribution >= 4 is 5.91 Å². The minimum absolute atomic E-state index is 0.0289. The molecule has 0 spiro atoms. The molecule has 4 rings (SSSR count). The summed E-state index contributed by atoms with van der Waals surface area (Å²) in [7, 11) is 0. The van der Waals surface area contributed by atoms with Crippen LogP contribution in [0.15, 0.2) is 30.5 Å². The Morgan fingerprint density at radius 2 is 2.04 bits per heavy atom. The van der Waals surface area contributed by atoms with Gasteiger partial charge < -0.3 is 4.90 Å². The molecule has 3 heterocycles. The number of carbonyl (C=O) groups excluding carboxylic acids is 1. The minimum Gasteiger partial charge on any atom is -0.337 e. The van der Waals surface area contributed by atoms with Gasteiger partial charge in [-0.1, -0.05) is 35.0 Å². The molecule has 6 nitrogen and oxygen atoms in total. The van der Waals surface area contributed by atoms with Crippen LogP contribution in [-0.2, 0) is 6.54 Å². The number of nitrogens with zero attached hydrogens (tertiary/aromatic N) is 5. The van der Waals surface area contributed by atoms with Gasteiger partial charge in [0.15, 0.2) is 5.69 Å². The second-order valence-corrected chi connectivity index (χ2v) is 7.60. The Hall–Kier alpha value is -2.21. The second kappa shape index (κ2) is 7.58. The number of aryl methyl sites for hydroxylation is 1. The van der Waals surface area contributed by atoms with Crippen LogP contribution in [0, 0.1) is 6.92 Å². The van der Waals surface area contributed by atoms with E-state index in [1.807, 2.05) is 15.8 Å². The summed E-state index contributed by atoms with van der Waals surface area (Å²) in [5, 5.41) is 8.44. The van der Waals surface area contributed by atoms with E-state index in [9.17, 15) is 4.79 Å². The Balaban J connectivity index is 1.40. The summed E-state index contributed by atoms with van der Waals surface area (Å²) in [6, 6.07) is 9.00. The monoisotopic (exact) mass is 353 g/mol. The number of amides is 1. The average molecular weight is 353 g/mol. The molecule has 26 heavy (non-hydrogen) atoms. The molecule has 2 aliphatic heterocycles. The lowest BCUT2D eigenvalue weighted by Gasteiger charge is -2.32. The number of benzene rings is 1. The zero-order chi connectivity index (χ0) is 17.9. The Labute approximate surface area is 154 Å². The highest BCUT2D eigenvalue weighted by Crippen LogP contribution is 2.23. The third kappa shape index (κ3) is 3.80. The van der Waals surface area contributed by atoms with Crippen LogP contribution >= 0.6 is 0 Å². The Bertz CT molecular complexity index is 765. The molecule has 0 saturated carbocycles. The van der Waals surface area contributed by atoms with Gasteiger partial charge in [0.05, 0.1) is 12.2 Å². The zero-order valence-corrected chi connectivity index (χ0v) is 15.5. The summed E-state index contributed by atoms with van der Waals surface area (Å²) in [4.78, 5) is 16.8. The SMILES string of the molecule is Cc1cccc(CN2CCC[C@@H](n3cc(C(=O)N4CCCC4)nn3)C2)c1. The second-order valence-electron chi connectivity index (χ2n) is 7.60. The van der Waals surface area contributed by atoms with E-state index in [1.165, 1.54) is 11.1 Å². The van der Waals surface area contributed by atoms with Crippen molar-refractivity contribution in [1.82, 2.24) is 24.8 Å². The topological polar surface area (TPSA) is 54.3 Å². The van der Waals surface area contributed by atoms with Crippen molar-refractivity contribution < 1.29 is 4.79 Å². The van der Waals surface area contributed by atoms with Gasteiger partial charge in [-0.2, -0.15) is 0 Å². The lowest BCUT2D eigenvalue weighted by atomic mass is 10.0. The first kappa shape index (κ1) is 17.2. The predicted octanol–water partition coefficient (Wildman–Crippen LogP) is 2.66. The molecule has 2 aliphatic rings. The largest absolute Gasteiger partial charge is 0.337 e. The van der Waals surface area contributed by atoms with Gasteiger partial charge in [0, 0.05) is 26.2 Å². The average Bonchev–Trinajstić information content (AvgIpc) is 3.34. The van der Waals surface area contributed by atoms with Crippen LogP contribution in [0.3, 0.4) is 0 Å². The maximum absolute atomic E-state index is 12.5. The standard InChI is InChI=1S/C20H27N5O/c1-16-6-4-7-17(12-16)13-23-9-5-8-18(14-23)25-15-19(21-22-25)20(26)24-10-2-3-11-24/h4,6-7,12,15,18H,2-3,5,8-11,13-14H2,1H3/t18-/m1/s1. The van der Waals surface area contributed by atoms with Gasteiger partial charge in [0.25, 0.3) is 5.91 Å². The molecule has 1 aromatic heterocycles. The quantitative estimate of drug-likeness (QED) is 0.848. The Morgan fingerprint density at radius 1 is 1.19 bits per heavy atom. The van der Waals surface area contributed by atoms with Gasteiger partial charge in [-0.3, -0.25) is 9.69 Å². The van der Waals surface area contributed by atoms with Gasteiger partial charge in [-0.05, 0) is 44.7 Å². The van der Waals surface area contributed by atoms with Crippen LogP contribution in [-0.4, -0.2) is 56.9 Å². The van der Waals surface area contributed by atoms with E-state index in [4.69, 9.17) is 0 Å². The van der Waals surface area contributed by atoms with Crippen molar-refractivity contribution in [2.24, 2.45) is 0 Å². The van der Waals surface area contributed by atoms with Crippen molar-refractivity contribution in [3.63, 3.8) is 0 Å². The van der Waals surface area contributed by atoms with Crippen LogP contribution in [0.4, 0.5) is 0 Å². The number of carbonyl (C=O) groups is 1. The van der Waals surface area contributed by atoms with E-state index in [0.29, 0.717) is 11.7 Å². The molecule has 0 bridgehead atoms. The molecule has 6 heteroatoms. The molecule has 0 aliphatic carbocycles. The Kier molecular flexibility index (Phi) is 5.02. The number of likely N-dealkylation sites (tertiary alicyclic amines) is 2. The fourth-order valence-corrected chi connectivity index (χ4v) is 4.09. The van der Waals surface area contributed by atoms with E-state index in [-0.39, 0.29) is 5.91 Å². The van der Waals surface area contributed by atoms with E-state index in [0.717, 1.165) is 58.4 Å². The highest BCUT2D eigenvalue weighted by molar-refractivity contribution is 5.92. The molecule has 138 valence electrons. The van der Waals surface area contributed by atoms with Gasteiger partial charge in [-0.15, -0.1) is 5.10 Å². The molecule has 0 N–H and O–H groups in total.